The number of hydrogen-bond donors (Lipinski definition) is 2. The van der Waals surface area contributed by atoms with Gasteiger partial charge in [-0.15, -0.1) is 11.3 Å². The molecule has 5 rings (SSSR count). The number of carbonyl (C=O) groups is 5. The lowest BCUT2D eigenvalue weighted by molar-refractivity contribution is -0.149. The Morgan fingerprint density at radius 1 is 0.907 bits per heavy atom. The Morgan fingerprint density at radius 2 is 1.52 bits per heavy atom. The minimum Gasteiger partial charge on any atom is -0.469 e. The van der Waals surface area contributed by atoms with Gasteiger partial charge < -0.3 is 29.7 Å². The number of alkyl carbamates (subject to hydrolysis) is 1. The molecule has 1 saturated carbocycles. The first-order valence-electron chi connectivity index (χ1n) is 18.7. The average molecular weight is 761 g/mol. The fourth-order valence-corrected chi connectivity index (χ4v) is 8.44. The van der Waals surface area contributed by atoms with Crippen molar-refractivity contribution in [2.45, 2.75) is 96.9 Å². The molecule has 0 spiro atoms. The summed E-state index contributed by atoms with van der Waals surface area (Å²) in [6, 6.07) is 14.8. The number of methoxy groups -OCH3 is 1. The van der Waals surface area contributed by atoms with Crippen molar-refractivity contribution in [3.05, 3.63) is 75.7 Å². The number of rotatable bonds is 14. The Morgan fingerprint density at radius 3 is 2.07 bits per heavy atom. The standard InChI is InChI=1S/C41H52N4O8S/c1-23(2)34(20-35(53-25(5)46)38-43-33(22-54-38)37(47)42-27-18-16-26(17-19-27)40(49)51-7)45(6)39(48)36(24(3)4)44-41(50)52-21-32-30-14-10-8-12-28(30)29-13-9-11-15-31(29)32/h8-15,22-24,26-27,32,34-36H,16-21H2,1-7H3,(H,42,47)(H,44,50)/t26-,27-,34-,35-,36+/m1/s1. The highest BCUT2D eigenvalue weighted by atomic mass is 32.1. The van der Waals surface area contributed by atoms with E-state index in [4.69, 9.17) is 14.2 Å². The zero-order valence-electron chi connectivity index (χ0n) is 32.1. The molecule has 0 radical (unpaired) electrons. The van der Waals surface area contributed by atoms with E-state index in [9.17, 15) is 24.0 Å². The number of nitrogens with one attached hydrogen (secondary N) is 2. The molecule has 0 aliphatic heterocycles. The number of fused-ring (bicyclic) bond motifs is 3. The minimum atomic E-state index is -0.878. The predicted molar refractivity (Wildman–Crippen MR) is 205 cm³/mol. The first kappa shape index (κ1) is 40.4. The number of likely N-dealkylation sites (N-methyl/N-ethyl adjacent to an activating group) is 1. The molecule has 3 amide bonds. The lowest BCUT2D eigenvalue weighted by Crippen LogP contribution is -2.54. The molecule has 290 valence electrons. The summed E-state index contributed by atoms with van der Waals surface area (Å²) < 4.78 is 16.4. The van der Waals surface area contributed by atoms with Gasteiger partial charge in [0.25, 0.3) is 5.91 Å². The van der Waals surface area contributed by atoms with Crippen LogP contribution in [0.15, 0.2) is 53.9 Å². The molecule has 0 bridgehead atoms. The van der Waals surface area contributed by atoms with Crippen molar-refractivity contribution in [1.82, 2.24) is 20.5 Å². The second-order valence-corrected chi connectivity index (χ2v) is 15.8. The van der Waals surface area contributed by atoms with Crippen LogP contribution in [-0.4, -0.2) is 78.6 Å². The van der Waals surface area contributed by atoms with Crippen molar-refractivity contribution in [3.63, 3.8) is 0 Å². The highest BCUT2D eigenvalue weighted by Gasteiger charge is 2.36. The number of nitrogens with zero attached hydrogens (tertiary/aromatic N) is 2. The Labute approximate surface area is 321 Å². The molecule has 3 atom stereocenters. The number of thiazole rings is 1. The number of amides is 3. The Kier molecular flexibility index (Phi) is 13.5. The van der Waals surface area contributed by atoms with Gasteiger partial charge in [-0.1, -0.05) is 76.2 Å². The van der Waals surface area contributed by atoms with Gasteiger partial charge >= 0.3 is 18.0 Å². The molecule has 12 nitrogen and oxygen atoms in total. The van der Waals surface area contributed by atoms with E-state index in [0.717, 1.165) is 22.3 Å². The molecular formula is C41H52N4O8S. The molecule has 54 heavy (non-hydrogen) atoms. The van der Waals surface area contributed by atoms with Gasteiger partial charge in [0, 0.05) is 43.8 Å². The van der Waals surface area contributed by atoms with E-state index >= 15 is 0 Å². The van der Waals surface area contributed by atoms with Crippen LogP contribution >= 0.6 is 11.3 Å². The average Bonchev–Trinajstić information content (AvgIpc) is 3.77. The van der Waals surface area contributed by atoms with Gasteiger partial charge in [-0.2, -0.15) is 0 Å². The summed E-state index contributed by atoms with van der Waals surface area (Å²) in [7, 11) is 3.07. The van der Waals surface area contributed by atoms with E-state index in [1.54, 1.807) is 17.3 Å². The van der Waals surface area contributed by atoms with Crippen LogP contribution in [0.5, 0.6) is 0 Å². The van der Waals surface area contributed by atoms with Gasteiger partial charge in [0.1, 0.15) is 23.4 Å². The van der Waals surface area contributed by atoms with Crippen LogP contribution in [0.2, 0.25) is 0 Å². The number of esters is 2. The summed E-state index contributed by atoms with van der Waals surface area (Å²) in [4.78, 5) is 70.9. The lowest BCUT2D eigenvalue weighted by Gasteiger charge is -2.36. The third-order valence-corrected chi connectivity index (χ3v) is 11.5. The van der Waals surface area contributed by atoms with E-state index in [1.807, 2.05) is 64.1 Å². The summed E-state index contributed by atoms with van der Waals surface area (Å²) in [5.41, 5.74) is 4.65. The van der Waals surface area contributed by atoms with E-state index in [0.29, 0.717) is 30.7 Å². The first-order valence-corrected chi connectivity index (χ1v) is 19.6. The van der Waals surface area contributed by atoms with Crippen molar-refractivity contribution in [1.29, 1.82) is 0 Å². The summed E-state index contributed by atoms with van der Waals surface area (Å²) >= 11 is 1.21. The predicted octanol–water partition coefficient (Wildman–Crippen LogP) is 6.65. The van der Waals surface area contributed by atoms with Crippen molar-refractivity contribution < 1.29 is 38.2 Å². The fourth-order valence-electron chi connectivity index (χ4n) is 7.60. The van der Waals surface area contributed by atoms with Crippen LogP contribution in [0, 0.1) is 17.8 Å². The smallest absolute Gasteiger partial charge is 0.407 e. The number of ether oxygens (including phenoxy) is 3. The molecule has 0 unspecified atom stereocenters. The van der Waals surface area contributed by atoms with Crippen molar-refractivity contribution in [2.24, 2.45) is 17.8 Å². The Bertz CT molecular complexity index is 1770. The van der Waals surface area contributed by atoms with Crippen molar-refractivity contribution in [3.8, 4) is 11.1 Å². The Balaban J connectivity index is 1.22. The zero-order chi connectivity index (χ0) is 39.1. The van der Waals surface area contributed by atoms with Gasteiger partial charge in [-0.3, -0.25) is 19.2 Å². The van der Waals surface area contributed by atoms with Gasteiger partial charge in [0.2, 0.25) is 5.91 Å². The number of hydrogen-bond acceptors (Lipinski definition) is 10. The van der Waals surface area contributed by atoms with Crippen LogP contribution in [-0.2, 0) is 28.6 Å². The summed E-state index contributed by atoms with van der Waals surface area (Å²) in [5, 5.41) is 7.91. The number of carbonyl (C=O) groups excluding carboxylic acids is 5. The van der Waals surface area contributed by atoms with Gasteiger partial charge in [-0.05, 0) is 59.8 Å². The highest BCUT2D eigenvalue weighted by molar-refractivity contribution is 7.09. The fraction of sp³-hybridized carbons (Fsp3) is 0.512. The zero-order valence-corrected chi connectivity index (χ0v) is 32.9. The van der Waals surface area contributed by atoms with Crippen LogP contribution in [0.3, 0.4) is 0 Å². The van der Waals surface area contributed by atoms with Crippen molar-refractivity contribution in [2.75, 3.05) is 20.8 Å². The summed E-state index contributed by atoms with van der Waals surface area (Å²) in [6.45, 7) is 9.10. The third kappa shape index (κ3) is 9.47. The quantitative estimate of drug-likeness (QED) is 0.136. The topological polar surface area (TPSA) is 153 Å². The minimum absolute atomic E-state index is 0.0675. The van der Waals surface area contributed by atoms with E-state index in [-0.39, 0.29) is 66.2 Å². The maximum atomic E-state index is 14.1. The molecule has 2 aromatic carbocycles. The summed E-state index contributed by atoms with van der Waals surface area (Å²) in [5.74, 6) is -1.98. The molecule has 2 aliphatic rings. The van der Waals surface area contributed by atoms with Gasteiger partial charge in [0.15, 0.2) is 6.10 Å². The summed E-state index contributed by atoms with van der Waals surface area (Å²) in [6.07, 6.45) is 1.31. The maximum absolute atomic E-state index is 14.1. The third-order valence-electron chi connectivity index (χ3n) is 10.6. The second kappa shape index (κ2) is 18.0. The second-order valence-electron chi connectivity index (χ2n) is 14.9. The van der Waals surface area contributed by atoms with Crippen LogP contribution in [0.1, 0.15) is 105 Å². The monoisotopic (exact) mass is 760 g/mol. The van der Waals surface area contributed by atoms with E-state index < -0.39 is 30.3 Å². The molecular weight excluding hydrogens is 709 g/mol. The lowest BCUT2D eigenvalue weighted by atomic mass is 9.86. The highest BCUT2D eigenvalue weighted by Crippen LogP contribution is 2.44. The van der Waals surface area contributed by atoms with Gasteiger partial charge in [0.05, 0.1) is 13.0 Å². The molecule has 2 N–H and O–H groups in total. The molecule has 2 aliphatic carbocycles. The Hall–Kier alpha value is -4.78. The molecule has 3 aromatic rings. The first-order chi connectivity index (χ1) is 25.8. The van der Waals surface area contributed by atoms with Crippen LogP contribution in [0.25, 0.3) is 11.1 Å². The SMILES string of the molecule is COC(=O)[C@H]1CC[C@H](NC(=O)c2csc([C@@H](C[C@H](C(C)C)N(C)C(=O)[C@@H](NC(=O)OCC3c4ccccc4-c4ccccc43)C(C)C)OC(C)=O)n2)CC1. The van der Waals surface area contributed by atoms with Crippen LogP contribution in [0.4, 0.5) is 4.79 Å². The molecule has 1 aromatic heterocycles. The van der Waals surface area contributed by atoms with Crippen LogP contribution < -0.4 is 10.6 Å². The molecule has 1 fully saturated rings. The molecule has 1 heterocycles. The normalized spacial score (nSPS) is 18.2. The number of aromatic nitrogens is 1. The molecule has 13 heteroatoms. The van der Waals surface area contributed by atoms with E-state index in [2.05, 4.69) is 27.8 Å². The van der Waals surface area contributed by atoms with E-state index in [1.165, 1.54) is 25.4 Å². The van der Waals surface area contributed by atoms with Crippen molar-refractivity contribution >= 4 is 41.2 Å². The molecule has 0 saturated heterocycles. The maximum Gasteiger partial charge on any atom is 0.407 e. The largest absolute Gasteiger partial charge is 0.469 e. The van der Waals surface area contributed by atoms with Gasteiger partial charge in [-0.25, -0.2) is 9.78 Å². The number of benzene rings is 2.